The van der Waals surface area contributed by atoms with Gasteiger partial charge in [-0.05, 0) is 12.8 Å². The summed E-state index contributed by atoms with van der Waals surface area (Å²) in [5, 5.41) is 3.24. The van der Waals surface area contributed by atoms with Gasteiger partial charge < -0.3 is 5.32 Å². The van der Waals surface area contributed by atoms with Gasteiger partial charge in [-0.2, -0.15) is 0 Å². The number of rotatable bonds is 1. The first kappa shape index (κ1) is 6.47. The summed E-state index contributed by atoms with van der Waals surface area (Å²) in [5.41, 5.74) is 0.551. The zero-order valence-corrected chi connectivity index (χ0v) is 6.62. The summed E-state index contributed by atoms with van der Waals surface area (Å²) in [6.45, 7) is 2.10. The molecule has 0 radical (unpaired) electrons. The van der Waals surface area contributed by atoms with Crippen molar-refractivity contribution >= 4 is 17.4 Å². The molecule has 1 spiro atoms. The molecule has 0 atom stereocenters. The van der Waals surface area contributed by atoms with Crippen molar-refractivity contribution in [2.24, 2.45) is 10.4 Å². The second-order valence-electron chi connectivity index (χ2n) is 3.25. The number of hydrogen-bond donors (Lipinski definition) is 1. The van der Waals surface area contributed by atoms with E-state index in [2.05, 4.69) is 10.3 Å². The van der Waals surface area contributed by atoms with Crippen molar-refractivity contribution < 1.29 is 0 Å². The Balaban J connectivity index is 2.00. The first-order valence-corrected chi connectivity index (χ1v) is 4.21. The summed E-state index contributed by atoms with van der Waals surface area (Å²) in [4.78, 5) is 4.34. The third kappa shape index (κ3) is 1.01. The summed E-state index contributed by atoms with van der Waals surface area (Å²) >= 11 is 5.60. The fourth-order valence-electron chi connectivity index (χ4n) is 1.27. The Bertz CT molecular complexity index is 172. The molecule has 0 bridgehead atoms. The molecule has 2 aliphatic rings. The average molecular weight is 159 g/mol. The second-order valence-corrected chi connectivity index (χ2v) is 3.52. The topological polar surface area (TPSA) is 24.4 Å². The highest BCUT2D eigenvalue weighted by Gasteiger charge is 2.43. The normalized spacial score (nSPS) is 27.5. The molecule has 1 saturated carbocycles. The molecule has 0 aromatic heterocycles. The van der Waals surface area contributed by atoms with E-state index >= 15 is 0 Å². The molecule has 0 unspecified atom stereocenters. The Labute approximate surface area is 65.7 Å². The average Bonchev–Trinajstić information content (AvgIpc) is 2.72. The Morgan fingerprint density at radius 2 is 2.40 bits per heavy atom. The number of nitrogens with one attached hydrogen (secondary N) is 1. The lowest BCUT2D eigenvalue weighted by molar-refractivity contribution is 0.490. The first-order chi connectivity index (χ1) is 4.85. The van der Waals surface area contributed by atoms with Gasteiger partial charge in [0.15, 0.2) is 0 Å². The quantitative estimate of drug-likeness (QED) is 0.566. The molecule has 0 amide bonds. The van der Waals surface area contributed by atoms with Crippen LogP contribution in [0.5, 0.6) is 0 Å². The molecular formula is C7H11ClN2. The molecule has 10 heavy (non-hydrogen) atoms. The van der Waals surface area contributed by atoms with Crippen molar-refractivity contribution in [3.05, 3.63) is 0 Å². The van der Waals surface area contributed by atoms with E-state index in [1.54, 1.807) is 0 Å². The zero-order valence-electron chi connectivity index (χ0n) is 5.86. The molecule has 0 saturated heterocycles. The Hall–Kier alpha value is -0.240. The van der Waals surface area contributed by atoms with Crippen LogP contribution in [0.2, 0.25) is 0 Å². The number of halogens is 1. The van der Waals surface area contributed by atoms with Gasteiger partial charge in [0.05, 0.1) is 5.88 Å². The summed E-state index contributed by atoms with van der Waals surface area (Å²) < 4.78 is 0. The van der Waals surface area contributed by atoms with Crippen LogP contribution in [0, 0.1) is 5.41 Å². The van der Waals surface area contributed by atoms with Gasteiger partial charge in [-0.1, -0.05) is 0 Å². The lowest BCUT2D eigenvalue weighted by Crippen LogP contribution is -2.37. The lowest BCUT2D eigenvalue weighted by atomic mass is 10.1. The Morgan fingerprint density at radius 1 is 1.60 bits per heavy atom. The van der Waals surface area contributed by atoms with Gasteiger partial charge in [-0.15, -0.1) is 11.6 Å². The maximum absolute atomic E-state index is 5.60. The molecule has 1 fully saturated rings. The van der Waals surface area contributed by atoms with E-state index in [9.17, 15) is 0 Å². The van der Waals surface area contributed by atoms with Gasteiger partial charge in [0.1, 0.15) is 5.84 Å². The van der Waals surface area contributed by atoms with Gasteiger partial charge in [0.2, 0.25) is 0 Å². The van der Waals surface area contributed by atoms with E-state index in [0.29, 0.717) is 11.3 Å². The summed E-state index contributed by atoms with van der Waals surface area (Å²) in [6, 6.07) is 0. The second kappa shape index (κ2) is 2.12. The van der Waals surface area contributed by atoms with Crippen molar-refractivity contribution in [2.75, 3.05) is 19.0 Å². The van der Waals surface area contributed by atoms with Crippen LogP contribution >= 0.6 is 11.6 Å². The number of aliphatic imine (C=N–C) groups is 1. The zero-order chi connectivity index (χ0) is 7.03. The highest BCUT2D eigenvalue weighted by molar-refractivity contribution is 6.28. The summed E-state index contributed by atoms with van der Waals surface area (Å²) in [7, 11) is 0. The van der Waals surface area contributed by atoms with Gasteiger partial charge in [0.25, 0.3) is 0 Å². The molecule has 0 aromatic carbocycles. The standard InChI is InChI=1S/C7H11ClN2/c8-3-6-9-4-7(1-2-7)5-10-6/h1-5H2,(H,9,10). The molecule has 1 aliphatic carbocycles. The molecule has 0 aromatic rings. The maximum atomic E-state index is 5.60. The molecule has 2 rings (SSSR count). The van der Waals surface area contributed by atoms with E-state index in [1.165, 1.54) is 12.8 Å². The van der Waals surface area contributed by atoms with Crippen LogP contribution in [0.15, 0.2) is 4.99 Å². The van der Waals surface area contributed by atoms with Crippen molar-refractivity contribution in [1.29, 1.82) is 0 Å². The minimum Gasteiger partial charge on any atom is -0.372 e. The molecule has 56 valence electrons. The van der Waals surface area contributed by atoms with Crippen LogP contribution in [0.4, 0.5) is 0 Å². The molecule has 1 heterocycles. The van der Waals surface area contributed by atoms with Gasteiger partial charge in [0, 0.05) is 18.5 Å². The molecule has 1 N–H and O–H groups in total. The highest BCUT2D eigenvalue weighted by Crippen LogP contribution is 2.46. The molecular weight excluding hydrogens is 148 g/mol. The smallest absolute Gasteiger partial charge is 0.111 e. The number of alkyl halides is 1. The van der Waals surface area contributed by atoms with E-state index in [-0.39, 0.29) is 0 Å². The van der Waals surface area contributed by atoms with Crippen molar-refractivity contribution in [1.82, 2.24) is 5.32 Å². The third-order valence-electron chi connectivity index (χ3n) is 2.36. The van der Waals surface area contributed by atoms with Crippen LogP contribution in [0.25, 0.3) is 0 Å². The monoisotopic (exact) mass is 158 g/mol. The molecule has 2 nitrogen and oxygen atoms in total. The van der Waals surface area contributed by atoms with Gasteiger partial charge in [-0.3, -0.25) is 4.99 Å². The van der Waals surface area contributed by atoms with Crippen molar-refractivity contribution in [2.45, 2.75) is 12.8 Å². The number of amidine groups is 1. The van der Waals surface area contributed by atoms with E-state index in [4.69, 9.17) is 11.6 Å². The first-order valence-electron chi connectivity index (χ1n) is 3.68. The summed E-state index contributed by atoms with van der Waals surface area (Å²) in [5.74, 6) is 1.51. The molecule has 3 heteroatoms. The van der Waals surface area contributed by atoms with Crippen LogP contribution in [0.3, 0.4) is 0 Å². The fraction of sp³-hybridized carbons (Fsp3) is 0.857. The van der Waals surface area contributed by atoms with E-state index in [0.717, 1.165) is 18.9 Å². The minimum atomic E-state index is 0.538. The maximum Gasteiger partial charge on any atom is 0.111 e. The van der Waals surface area contributed by atoms with Crippen LogP contribution in [-0.2, 0) is 0 Å². The fourth-order valence-corrected chi connectivity index (χ4v) is 1.44. The Morgan fingerprint density at radius 3 is 2.80 bits per heavy atom. The SMILES string of the molecule is ClCC1=NCC2(CC2)CN1. The van der Waals surface area contributed by atoms with E-state index in [1.807, 2.05) is 0 Å². The molecule has 1 aliphatic heterocycles. The number of nitrogens with zero attached hydrogens (tertiary/aromatic N) is 1. The van der Waals surface area contributed by atoms with Crippen LogP contribution < -0.4 is 5.32 Å². The van der Waals surface area contributed by atoms with Crippen LogP contribution in [0.1, 0.15) is 12.8 Å². The minimum absolute atomic E-state index is 0.538. The van der Waals surface area contributed by atoms with Crippen molar-refractivity contribution in [3.63, 3.8) is 0 Å². The largest absolute Gasteiger partial charge is 0.372 e. The number of hydrogen-bond acceptors (Lipinski definition) is 2. The van der Waals surface area contributed by atoms with E-state index < -0.39 is 0 Å². The Kier molecular flexibility index (Phi) is 1.37. The van der Waals surface area contributed by atoms with Gasteiger partial charge >= 0.3 is 0 Å². The lowest BCUT2D eigenvalue weighted by Gasteiger charge is -2.20. The predicted molar refractivity (Wildman–Crippen MR) is 42.7 cm³/mol. The van der Waals surface area contributed by atoms with Crippen molar-refractivity contribution in [3.8, 4) is 0 Å². The third-order valence-corrected chi connectivity index (χ3v) is 2.61. The van der Waals surface area contributed by atoms with Gasteiger partial charge in [-0.25, -0.2) is 0 Å². The van der Waals surface area contributed by atoms with Crippen LogP contribution in [-0.4, -0.2) is 24.8 Å². The predicted octanol–water partition coefficient (Wildman–Crippen LogP) is 1.01. The highest BCUT2D eigenvalue weighted by atomic mass is 35.5. The summed E-state index contributed by atoms with van der Waals surface area (Å²) in [6.07, 6.45) is 2.69.